The number of hydrogen-bond donors (Lipinski definition) is 2. The van der Waals surface area contributed by atoms with Crippen LogP contribution in [0.15, 0.2) is 36.7 Å². The van der Waals surface area contributed by atoms with Gasteiger partial charge in [0.15, 0.2) is 0 Å². The third-order valence-electron chi connectivity index (χ3n) is 3.10. The molecule has 1 amide bonds. The monoisotopic (exact) mass is 309 g/mol. The minimum Gasteiger partial charge on any atom is -0.325 e. The minimum atomic E-state index is -0.848. The van der Waals surface area contributed by atoms with Gasteiger partial charge >= 0.3 is 0 Å². The molecule has 0 aliphatic heterocycles. The quantitative estimate of drug-likeness (QED) is 0.886. The zero-order valence-corrected chi connectivity index (χ0v) is 12.9. The lowest BCUT2D eigenvalue weighted by molar-refractivity contribution is -0.120. The first-order valence-electron chi connectivity index (χ1n) is 6.60. The van der Waals surface area contributed by atoms with Gasteiger partial charge in [-0.2, -0.15) is 0 Å². The third-order valence-corrected chi connectivity index (χ3v) is 3.10. The average molecular weight is 310 g/mol. The molecule has 1 aromatic carbocycles. The van der Waals surface area contributed by atoms with Crippen molar-refractivity contribution < 1.29 is 4.79 Å². The van der Waals surface area contributed by atoms with Crippen LogP contribution in [0.5, 0.6) is 0 Å². The van der Waals surface area contributed by atoms with E-state index in [0.29, 0.717) is 12.1 Å². The zero-order chi connectivity index (χ0) is 14.6. The van der Waals surface area contributed by atoms with Gasteiger partial charge in [0, 0.05) is 5.69 Å². The molecule has 0 fully saturated rings. The van der Waals surface area contributed by atoms with Crippen molar-refractivity contribution in [3.05, 3.63) is 36.7 Å². The second-order valence-corrected chi connectivity index (χ2v) is 5.02. The minimum absolute atomic E-state index is 0. The number of halogens is 1. The average Bonchev–Trinajstić information content (AvgIpc) is 2.93. The summed E-state index contributed by atoms with van der Waals surface area (Å²) in [5.74, 6) is -0.173. The molecular weight excluding hydrogens is 290 g/mol. The lowest BCUT2D eigenvalue weighted by atomic mass is 9.96. The van der Waals surface area contributed by atoms with Crippen LogP contribution in [0.1, 0.15) is 26.7 Å². The molecule has 0 radical (unpaired) electrons. The first-order valence-corrected chi connectivity index (χ1v) is 6.60. The number of benzene rings is 1. The number of carbonyl (C=O) groups is 1. The summed E-state index contributed by atoms with van der Waals surface area (Å²) in [6, 6.07) is 7.35. The van der Waals surface area contributed by atoms with Gasteiger partial charge in [0.2, 0.25) is 5.91 Å². The number of nitrogens with one attached hydrogen (secondary N) is 1. The lowest BCUT2D eigenvalue weighted by Crippen LogP contribution is -2.48. The molecule has 0 aliphatic rings. The molecule has 0 saturated carbocycles. The molecule has 1 aromatic heterocycles. The number of aromatic nitrogens is 3. The van der Waals surface area contributed by atoms with Gasteiger partial charge in [-0.25, -0.2) is 4.68 Å². The van der Waals surface area contributed by atoms with Crippen molar-refractivity contribution in [2.24, 2.45) is 5.73 Å². The Hall–Kier alpha value is -1.92. The van der Waals surface area contributed by atoms with Gasteiger partial charge in [0.1, 0.15) is 0 Å². The van der Waals surface area contributed by atoms with Gasteiger partial charge in [0.25, 0.3) is 0 Å². The molecular formula is C14H20ClN5O. The van der Waals surface area contributed by atoms with Crippen molar-refractivity contribution in [1.29, 1.82) is 0 Å². The van der Waals surface area contributed by atoms with E-state index in [0.717, 1.165) is 12.1 Å². The molecule has 0 aliphatic carbocycles. The summed E-state index contributed by atoms with van der Waals surface area (Å²) in [6.45, 7) is 3.75. The maximum Gasteiger partial charge on any atom is 0.244 e. The first kappa shape index (κ1) is 17.1. The van der Waals surface area contributed by atoms with Crippen LogP contribution in [-0.4, -0.2) is 26.4 Å². The Balaban J connectivity index is 0.00000220. The fourth-order valence-corrected chi connectivity index (χ4v) is 1.95. The van der Waals surface area contributed by atoms with E-state index in [1.54, 1.807) is 24.0 Å². The highest BCUT2D eigenvalue weighted by Gasteiger charge is 2.27. The fraction of sp³-hybridized carbons (Fsp3) is 0.357. The Labute approximate surface area is 130 Å². The highest BCUT2D eigenvalue weighted by molar-refractivity contribution is 5.97. The molecule has 0 saturated heterocycles. The van der Waals surface area contributed by atoms with Crippen molar-refractivity contribution in [3.63, 3.8) is 0 Å². The molecule has 0 bridgehead atoms. The first-order chi connectivity index (χ1) is 9.53. The van der Waals surface area contributed by atoms with Crippen molar-refractivity contribution in [2.75, 3.05) is 5.32 Å². The number of hydrogen-bond acceptors (Lipinski definition) is 4. The summed E-state index contributed by atoms with van der Waals surface area (Å²) < 4.78 is 1.65. The second kappa shape index (κ2) is 7.19. The third kappa shape index (κ3) is 4.27. The Morgan fingerprint density at radius 1 is 1.38 bits per heavy atom. The number of rotatable bonds is 5. The topological polar surface area (TPSA) is 85.8 Å². The van der Waals surface area contributed by atoms with Gasteiger partial charge < -0.3 is 11.1 Å². The Morgan fingerprint density at radius 2 is 2.05 bits per heavy atom. The summed E-state index contributed by atoms with van der Waals surface area (Å²) in [7, 11) is 0. The number of nitrogens with zero attached hydrogens (tertiary/aromatic N) is 3. The molecule has 1 unspecified atom stereocenters. The van der Waals surface area contributed by atoms with E-state index in [-0.39, 0.29) is 18.3 Å². The summed E-state index contributed by atoms with van der Waals surface area (Å²) in [4.78, 5) is 12.1. The van der Waals surface area contributed by atoms with Crippen LogP contribution < -0.4 is 11.1 Å². The molecule has 114 valence electrons. The fourth-order valence-electron chi connectivity index (χ4n) is 1.95. The van der Waals surface area contributed by atoms with Gasteiger partial charge in [-0.1, -0.05) is 18.6 Å². The number of carbonyl (C=O) groups excluding carboxylic acids is 1. The van der Waals surface area contributed by atoms with Crippen LogP contribution >= 0.6 is 12.4 Å². The molecule has 1 atom stereocenters. The number of amides is 1. The standard InChI is InChI=1S/C14H19N5O.ClH/c1-3-8-14(2,15)13(20)17-11-4-6-12(7-5-11)19-10-9-16-18-19;/h4-7,9-10H,3,8,15H2,1-2H3,(H,17,20);1H. The van der Waals surface area contributed by atoms with E-state index < -0.39 is 5.54 Å². The van der Waals surface area contributed by atoms with E-state index in [2.05, 4.69) is 15.6 Å². The molecule has 21 heavy (non-hydrogen) atoms. The smallest absolute Gasteiger partial charge is 0.244 e. The molecule has 2 aromatic rings. The maximum absolute atomic E-state index is 12.1. The molecule has 3 N–H and O–H groups in total. The van der Waals surface area contributed by atoms with E-state index in [1.165, 1.54) is 0 Å². The van der Waals surface area contributed by atoms with Crippen molar-refractivity contribution in [1.82, 2.24) is 15.0 Å². The van der Waals surface area contributed by atoms with Crippen LogP contribution in [0.4, 0.5) is 5.69 Å². The van der Waals surface area contributed by atoms with Crippen molar-refractivity contribution >= 4 is 24.0 Å². The van der Waals surface area contributed by atoms with Crippen molar-refractivity contribution in [2.45, 2.75) is 32.2 Å². The predicted octanol–water partition coefficient (Wildman–Crippen LogP) is 2.15. The van der Waals surface area contributed by atoms with E-state index in [9.17, 15) is 4.79 Å². The van der Waals surface area contributed by atoms with Gasteiger partial charge in [0.05, 0.1) is 23.6 Å². The largest absolute Gasteiger partial charge is 0.325 e. The van der Waals surface area contributed by atoms with E-state index in [1.807, 2.05) is 31.2 Å². The lowest BCUT2D eigenvalue weighted by Gasteiger charge is -2.22. The zero-order valence-electron chi connectivity index (χ0n) is 12.1. The van der Waals surface area contributed by atoms with E-state index in [4.69, 9.17) is 5.73 Å². The van der Waals surface area contributed by atoms with E-state index >= 15 is 0 Å². The maximum atomic E-state index is 12.1. The molecule has 7 heteroatoms. The Bertz CT molecular complexity index is 566. The summed E-state index contributed by atoms with van der Waals surface area (Å²) in [6.07, 6.45) is 4.88. The van der Waals surface area contributed by atoms with Crippen LogP contribution in [0.25, 0.3) is 5.69 Å². The van der Waals surface area contributed by atoms with Gasteiger partial charge in [-0.3, -0.25) is 4.79 Å². The highest BCUT2D eigenvalue weighted by Crippen LogP contribution is 2.15. The summed E-state index contributed by atoms with van der Waals surface area (Å²) in [5.41, 5.74) is 6.74. The molecule has 6 nitrogen and oxygen atoms in total. The molecule has 1 heterocycles. The van der Waals surface area contributed by atoms with Crippen LogP contribution in [0.2, 0.25) is 0 Å². The van der Waals surface area contributed by atoms with Crippen LogP contribution in [0.3, 0.4) is 0 Å². The Morgan fingerprint density at radius 3 is 2.57 bits per heavy atom. The Kier molecular flexibility index (Phi) is 5.87. The normalized spacial score (nSPS) is 13.1. The molecule has 0 spiro atoms. The summed E-state index contributed by atoms with van der Waals surface area (Å²) in [5, 5.41) is 10.5. The van der Waals surface area contributed by atoms with Crippen molar-refractivity contribution in [3.8, 4) is 5.69 Å². The van der Waals surface area contributed by atoms with Gasteiger partial charge in [-0.15, -0.1) is 17.5 Å². The van der Waals surface area contributed by atoms with Crippen LogP contribution in [0, 0.1) is 0 Å². The van der Waals surface area contributed by atoms with Crippen LogP contribution in [-0.2, 0) is 4.79 Å². The SMILES string of the molecule is CCCC(C)(N)C(=O)Nc1ccc(-n2ccnn2)cc1.Cl. The highest BCUT2D eigenvalue weighted by atomic mass is 35.5. The second-order valence-electron chi connectivity index (χ2n) is 5.02. The van der Waals surface area contributed by atoms with Gasteiger partial charge in [-0.05, 0) is 37.6 Å². The number of anilines is 1. The summed E-state index contributed by atoms with van der Waals surface area (Å²) >= 11 is 0. The number of nitrogens with two attached hydrogens (primary N) is 1. The molecule has 2 rings (SSSR count). The predicted molar refractivity (Wildman–Crippen MR) is 84.7 cm³/mol.